The van der Waals surface area contributed by atoms with E-state index in [0.29, 0.717) is 23.1 Å². The molecule has 0 amide bonds. The van der Waals surface area contributed by atoms with Crippen molar-refractivity contribution in [3.63, 3.8) is 0 Å². The van der Waals surface area contributed by atoms with Crippen molar-refractivity contribution in [1.82, 2.24) is 0 Å². The Hall–Kier alpha value is -1.47. The van der Waals surface area contributed by atoms with Crippen LogP contribution >= 0.6 is 23.2 Å². The van der Waals surface area contributed by atoms with Crippen molar-refractivity contribution in [2.45, 2.75) is 6.54 Å². The highest BCUT2D eigenvalue weighted by Crippen LogP contribution is 2.28. The summed E-state index contributed by atoms with van der Waals surface area (Å²) < 4.78 is 5.67. The smallest absolute Gasteiger partial charge is 0.163 e. The predicted octanol–water partition coefficient (Wildman–Crippen LogP) is 2.84. The molecule has 0 atom stereocenters. The summed E-state index contributed by atoms with van der Waals surface area (Å²) in [5, 5.41) is 11.5. The molecule has 0 saturated heterocycles. The quantitative estimate of drug-likeness (QED) is 0.692. The third-order valence-electron chi connectivity index (χ3n) is 2.39. The third-order valence-corrected chi connectivity index (χ3v) is 2.83. The van der Waals surface area contributed by atoms with E-state index >= 15 is 0 Å². The molecule has 2 aromatic rings. The van der Waals surface area contributed by atoms with Gasteiger partial charge in [0.2, 0.25) is 0 Å². The number of furan rings is 1. The summed E-state index contributed by atoms with van der Waals surface area (Å²) in [6.07, 6.45) is 0. The van der Waals surface area contributed by atoms with E-state index in [1.165, 1.54) is 0 Å². The third kappa shape index (κ3) is 3.27. The first-order valence-electron chi connectivity index (χ1n) is 5.43. The van der Waals surface area contributed by atoms with Crippen LogP contribution in [0, 0.1) is 11.3 Å². The van der Waals surface area contributed by atoms with E-state index in [4.69, 9.17) is 32.9 Å². The van der Waals surface area contributed by atoms with Gasteiger partial charge < -0.3 is 9.73 Å². The minimum atomic E-state index is 0.416. The van der Waals surface area contributed by atoms with Gasteiger partial charge in [-0.3, -0.25) is 0 Å². The largest absolute Gasteiger partial charge is 0.455 e. The Morgan fingerprint density at radius 3 is 2.56 bits per heavy atom. The molecule has 5 heteroatoms. The average Bonchev–Trinajstić information content (AvgIpc) is 2.77. The second-order valence-corrected chi connectivity index (χ2v) is 4.65. The maximum atomic E-state index is 8.45. The number of nitriles is 1. The van der Waals surface area contributed by atoms with Crippen molar-refractivity contribution in [3.8, 4) is 17.4 Å². The van der Waals surface area contributed by atoms with Crippen LogP contribution in [0.1, 0.15) is 5.76 Å². The van der Waals surface area contributed by atoms with Crippen molar-refractivity contribution < 1.29 is 9.73 Å². The molecule has 0 spiro atoms. The first-order chi connectivity index (χ1) is 8.69. The number of benzene rings is 1. The Morgan fingerprint density at radius 1 is 1.17 bits per heavy atom. The highest BCUT2D eigenvalue weighted by Gasteiger charge is 2.07. The lowest BCUT2D eigenvalue weighted by Gasteiger charge is -1.99. The number of hydrogen-bond acceptors (Lipinski definition) is 2. The van der Waals surface area contributed by atoms with Crippen LogP contribution in [0.5, 0.6) is 0 Å². The molecule has 2 N–H and O–H groups in total. The average molecular weight is 282 g/mol. The van der Waals surface area contributed by atoms with E-state index in [0.717, 1.165) is 17.1 Å². The summed E-state index contributed by atoms with van der Waals surface area (Å²) in [6.45, 7) is 1.06. The van der Waals surface area contributed by atoms with E-state index < -0.39 is 0 Å². The highest BCUT2D eigenvalue weighted by molar-refractivity contribution is 6.35. The van der Waals surface area contributed by atoms with E-state index in [1.54, 1.807) is 18.2 Å². The van der Waals surface area contributed by atoms with Crippen LogP contribution in [0.3, 0.4) is 0 Å². The molecule has 0 fully saturated rings. The fraction of sp³-hybridized carbons (Fsp3) is 0.154. The van der Waals surface area contributed by atoms with Crippen LogP contribution in [-0.4, -0.2) is 6.54 Å². The van der Waals surface area contributed by atoms with Gasteiger partial charge in [0, 0.05) is 15.6 Å². The molecule has 0 aliphatic heterocycles. The monoisotopic (exact) mass is 281 g/mol. The van der Waals surface area contributed by atoms with E-state index in [9.17, 15) is 0 Å². The molecule has 0 bridgehead atoms. The first-order valence-corrected chi connectivity index (χ1v) is 6.18. The molecule has 0 saturated carbocycles. The standard InChI is InChI=1S/C13H10Cl2N2O/c14-10-5-9(6-11(15)7-10)13-2-1-12(18-13)8-17-4-3-16/h1-2,5-7,17H,4,8H2/p+1. The zero-order valence-electron chi connectivity index (χ0n) is 9.49. The molecule has 3 nitrogen and oxygen atoms in total. The summed E-state index contributed by atoms with van der Waals surface area (Å²) in [5.41, 5.74) is 0.846. The van der Waals surface area contributed by atoms with Gasteiger partial charge in [-0.25, -0.2) is 0 Å². The maximum Gasteiger partial charge on any atom is 0.163 e. The van der Waals surface area contributed by atoms with Crippen LogP contribution in [0.25, 0.3) is 11.3 Å². The lowest BCUT2D eigenvalue weighted by Crippen LogP contribution is -2.82. The molecule has 2 rings (SSSR count). The van der Waals surface area contributed by atoms with Gasteiger partial charge in [0.05, 0.1) is 0 Å². The molecule has 1 aromatic carbocycles. The molecule has 0 aliphatic carbocycles. The lowest BCUT2D eigenvalue weighted by atomic mass is 10.2. The fourth-order valence-corrected chi connectivity index (χ4v) is 2.14. The van der Waals surface area contributed by atoms with Crippen molar-refractivity contribution in [3.05, 3.63) is 46.1 Å². The molecular weight excluding hydrogens is 271 g/mol. The number of halogens is 2. The SMILES string of the molecule is N#CC[NH2+]Cc1ccc(-c2cc(Cl)cc(Cl)c2)o1. The summed E-state index contributed by atoms with van der Waals surface area (Å²) in [6, 6.07) is 11.1. The van der Waals surface area contributed by atoms with E-state index in [2.05, 4.69) is 6.07 Å². The van der Waals surface area contributed by atoms with Crippen molar-refractivity contribution in [2.24, 2.45) is 0 Å². The van der Waals surface area contributed by atoms with Crippen LogP contribution in [0.2, 0.25) is 10.0 Å². The molecule has 0 unspecified atom stereocenters. The Labute approximate surface area is 115 Å². The summed E-state index contributed by atoms with van der Waals surface area (Å²) in [4.78, 5) is 0. The van der Waals surface area contributed by atoms with E-state index in [1.807, 2.05) is 17.4 Å². The van der Waals surface area contributed by atoms with Gasteiger partial charge in [-0.15, -0.1) is 0 Å². The molecule has 0 aliphatic rings. The zero-order valence-corrected chi connectivity index (χ0v) is 11.0. The van der Waals surface area contributed by atoms with Gasteiger partial charge in [0.15, 0.2) is 12.3 Å². The second-order valence-electron chi connectivity index (χ2n) is 3.78. The van der Waals surface area contributed by atoms with Crippen LogP contribution in [0.15, 0.2) is 34.7 Å². The molecular formula is C13H11Cl2N2O+. The number of quaternary nitrogens is 1. The van der Waals surface area contributed by atoms with Gasteiger partial charge in [-0.05, 0) is 30.3 Å². The van der Waals surface area contributed by atoms with Crippen LogP contribution in [0.4, 0.5) is 0 Å². The molecule has 0 radical (unpaired) electrons. The number of nitrogens with two attached hydrogens (primary N) is 1. The second kappa shape index (κ2) is 5.92. The van der Waals surface area contributed by atoms with Crippen molar-refractivity contribution >= 4 is 23.2 Å². The molecule has 18 heavy (non-hydrogen) atoms. The van der Waals surface area contributed by atoms with Crippen molar-refractivity contribution in [2.75, 3.05) is 6.54 Å². The number of rotatable bonds is 4. The topological polar surface area (TPSA) is 53.5 Å². The first kappa shape index (κ1) is 13.0. The predicted molar refractivity (Wildman–Crippen MR) is 70.3 cm³/mol. The zero-order chi connectivity index (χ0) is 13.0. The van der Waals surface area contributed by atoms with Crippen LogP contribution < -0.4 is 5.32 Å². The lowest BCUT2D eigenvalue weighted by molar-refractivity contribution is -0.662. The van der Waals surface area contributed by atoms with Gasteiger partial charge in [-0.2, -0.15) is 5.26 Å². The van der Waals surface area contributed by atoms with Crippen molar-refractivity contribution in [1.29, 1.82) is 5.26 Å². The maximum absolute atomic E-state index is 8.45. The fourth-order valence-electron chi connectivity index (χ4n) is 1.62. The Morgan fingerprint density at radius 2 is 1.89 bits per heavy atom. The minimum Gasteiger partial charge on any atom is -0.455 e. The van der Waals surface area contributed by atoms with E-state index in [-0.39, 0.29) is 0 Å². The summed E-state index contributed by atoms with van der Waals surface area (Å²) in [5.74, 6) is 1.54. The van der Waals surface area contributed by atoms with Gasteiger partial charge in [0.1, 0.15) is 18.4 Å². The van der Waals surface area contributed by atoms with Gasteiger partial charge >= 0.3 is 0 Å². The summed E-state index contributed by atoms with van der Waals surface area (Å²) >= 11 is 11.9. The molecule has 92 valence electrons. The number of hydrogen-bond donors (Lipinski definition) is 1. The molecule has 1 heterocycles. The molecule has 1 aromatic heterocycles. The highest BCUT2D eigenvalue weighted by atomic mass is 35.5. The van der Waals surface area contributed by atoms with Gasteiger partial charge in [0.25, 0.3) is 0 Å². The Bertz CT molecular complexity index is 567. The number of nitrogens with zero attached hydrogens (tertiary/aromatic N) is 1. The summed E-state index contributed by atoms with van der Waals surface area (Å²) in [7, 11) is 0. The normalized spacial score (nSPS) is 10.3. The Kier molecular flexibility index (Phi) is 4.27. The minimum absolute atomic E-state index is 0.416. The van der Waals surface area contributed by atoms with Gasteiger partial charge in [-0.1, -0.05) is 23.2 Å². The van der Waals surface area contributed by atoms with Crippen LogP contribution in [-0.2, 0) is 6.54 Å². The Balaban J connectivity index is 2.16.